The summed E-state index contributed by atoms with van der Waals surface area (Å²) < 4.78 is 0. The summed E-state index contributed by atoms with van der Waals surface area (Å²) in [5, 5.41) is 7.12. The predicted molar refractivity (Wildman–Crippen MR) is 85.0 cm³/mol. The van der Waals surface area contributed by atoms with Crippen LogP contribution in [0.1, 0.15) is 43.7 Å². The Morgan fingerprint density at radius 3 is 2.65 bits per heavy atom. The molecular weight excluding hydrogens is 248 g/mol. The topological polar surface area (TPSA) is 33.6 Å². The van der Waals surface area contributed by atoms with Crippen molar-refractivity contribution >= 4 is 11.8 Å². The van der Waals surface area contributed by atoms with Gasteiger partial charge in [0.2, 0.25) is 0 Å². The SMILES string of the molecule is CNCCCCO/N=C/c1ccc(C(C)=C2CC2)cc1. The number of rotatable bonds is 8. The summed E-state index contributed by atoms with van der Waals surface area (Å²) in [6.07, 6.45) is 6.48. The minimum absolute atomic E-state index is 0.682. The van der Waals surface area contributed by atoms with Crippen molar-refractivity contribution in [1.29, 1.82) is 0 Å². The van der Waals surface area contributed by atoms with Crippen molar-refractivity contribution in [2.75, 3.05) is 20.2 Å². The van der Waals surface area contributed by atoms with E-state index in [-0.39, 0.29) is 0 Å². The molecule has 0 atom stereocenters. The number of allylic oxidation sites excluding steroid dienone is 2. The molecule has 0 amide bonds. The average Bonchev–Trinajstić information content (AvgIpc) is 3.31. The van der Waals surface area contributed by atoms with Gasteiger partial charge in [-0.2, -0.15) is 0 Å². The van der Waals surface area contributed by atoms with Crippen LogP contribution in [0.2, 0.25) is 0 Å². The molecule has 3 heteroatoms. The van der Waals surface area contributed by atoms with Crippen LogP contribution in [0.3, 0.4) is 0 Å². The van der Waals surface area contributed by atoms with Crippen LogP contribution in [-0.2, 0) is 4.84 Å². The molecule has 108 valence electrons. The normalized spacial score (nSPS) is 13.8. The quantitative estimate of drug-likeness (QED) is 0.445. The highest BCUT2D eigenvalue weighted by molar-refractivity contribution is 5.80. The van der Waals surface area contributed by atoms with Gasteiger partial charge in [0.05, 0.1) is 6.21 Å². The van der Waals surface area contributed by atoms with Crippen LogP contribution in [0.4, 0.5) is 0 Å². The zero-order valence-corrected chi connectivity index (χ0v) is 12.5. The molecule has 1 saturated carbocycles. The van der Waals surface area contributed by atoms with Gasteiger partial charge in [-0.25, -0.2) is 0 Å². The lowest BCUT2D eigenvalue weighted by molar-refractivity contribution is 0.142. The van der Waals surface area contributed by atoms with Gasteiger partial charge in [0, 0.05) is 0 Å². The lowest BCUT2D eigenvalue weighted by atomic mass is 10.1. The minimum atomic E-state index is 0.682. The third-order valence-corrected chi connectivity index (χ3v) is 3.56. The number of unbranched alkanes of at least 4 members (excludes halogenated alkanes) is 1. The summed E-state index contributed by atoms with van der Waals surface area (Å²) in [7, 11) is 1.96. The third kappa shape index (κ3) is 4.82. The molecule has 1 aromatic carbocycles. The molecule has 1 N–H and O–H groups in total. The van der Waals surface area contributed by atoms with Crippen molar-refractivity contribution in [3.05, 3.63) is 41.0 Å². The van der Waals surface area contributed by atoms with E-state index >= 15 is 0 Å². The van der Waals surface area contributed by atoms with Gasteiger partial charge in [-0.1, -0.05) is 35.0 Å². The largest absolute Gasteiger partial charge is 0.396 e. The maximum absolute atomic E-state index is 5.24. The Labute approximate surface area is 121 Å². The summed E-state index contributed by atoms with van der Waals surface area (Å²) in [6, 6.07) is 8.51. The minimum Gasteiger partial charge on any atom is -0.396 e. The van der Waals surface area contributed by atoms with Crippen molar-refractivity contribution in [3.8, 4) is 0 Å². The molecule has 0 saturated heterocycles. The van der Waals surface area contributed by atoms with Gasteiger partial charge in [-0.05, 0) is 62.9 Å². The zero-order chi connectivity index (χ0) is 14.2. The van der Waals surface area contributed by atoms with Crippen molar-refractivity contribution < 1.29 is 4.84 Å². The molecule has 1 aromatic rings. The zero-order valence-electron chi connectivity index (χ0n) is 12.5. The maximum atomic E-state index is 5.24. The number of nitrogens with zero attached hydrogens (tertiary/aromatic N) is 1. The molecule has 0 aromatic heterocycles. The van der Waals surface area contributed by atoms with Gasteiger partial charge < -0.3 is 10.2 Å². The van der Waals surface area contributed by atoms with Gasteiger partial charge in [0.1, 0.15) is 6.61 Å². The Morgan fingerprint density at radius 2 is 2.00 bits per heavy atom. The van der Waals surface area contributed by atoms with E-state index in [0.717, 1.165) is 24.9 Å². The lowest BCUT2D eigenvalue weighted by Crippen LogP contribution is -2.07. The first-order valence-corrected chi connectivity index (χ1v) is 7.40. The van der Waals surface area contributed by atoms with Gasteiger partial charge in [-0.15, -0.1) is 0 Å². The van der Waals surface area contributed by atoms with Crippen LogP contribution in [0.5, 0.6) is 0 Å². The second-order valence-electron chi connectivity index (χ2n) is 5.23. The number of hydrogen-bond acceptors (Lipinski definition) is 3. The number of hydrogen-bond donors (Lipinski definition) is 1. The fourth-order valence-corrected chi connectivity index (χ4v) is 2.08. The molecule has 20 heavy (non-hydrogen) atoms. The fraction of sp³-hybridized carbons (Fsp3) is 0.471. The smallest absolute Gasteiger partial charge is 0.117 e. The molecule has 2 rings (SSSR count). The van der Waals surface area contributed by atoms with E-state index in [1.54, 1.807) is 11.8 Å². The summed E-state index contributed by atoms with van der Waals surface area (Å²) in [6.45, 7) is 3.92. The van der Waals surface area contributed by atoms with Crippen LogP contribution in [0.25, 0.3) is 5.57 Å². The maximum Gasteiger partial charge on any atom is 0.117 e. The lowest BCUT2D eigenvalue weighted by Gasteiger charge is -2.02. The highest BCUT2D eigenvalue weighted by Crippen LogP contribution is 2.35. The third-order valence-electron chi connectivity index (χ3n) is 3.56. The van der Waals surface area contributed by atoms with Crippen molar-refractivity contribution in [2.45, 2.75) is 32.6 Å². The highest BCUT2D eigenvalue weighted by Gasteiger charge is 2.15. The molecule has 0 spiro atoms. The van der Waals surface area contributed by atoms with Crippen LogP contribution < -0.4 is 5.32 Å². The van der Waals surface area contributed by atoms with E-state index in [0.29, 0.717) is 6.61 Å². The Hall–Kier alpha value is -1.61. The van der Waals surface area contributed by atoms with Crippen LogP contribution >= 0.6 is 0 Å². The van der Waals surface area contributed by atoms with Gasteiger partial charge >= 0.3 is 0 Å². The molecular formula is C17H24N2O. The van der Waals surface area contributed by atoms with E-state index < -0.39 is 0 Å². The van der Waals surface area contributed by atoms with E-state index in [2.05, 4.69) is 41.7 Å². The molecule has 1 aliphatic carbocycles. The van der Waals surface area contributed by atoms with Crippen molar-refractivity contribution in [1.82, 2.24) is 5.32 Å². The Balaban J connectivity index is 1.74. The first-order chi connectivity index (χ1) is 9.81. The highest BCUT2D eigenvalue weighted by atomic mass is 16.6. The molecule has 1 aliphatic rings. The monoisotopic (exact) mass is 272 g/mol. The van der Waals surface area contributed by atoms with E-state index in [4.69, 9.17) is 4.84 Å². The number of benzene rings is 1. The average molecular weight is 272 g/mol. The Bertz CT molecular complexity index is 468. The van der Waals surface area contributed by atoms with Gasteiger partial charge in [0.25, 0.3) is 0 Å². The van der Waals surface area contributed by atoms with Crippen LogP contribution in [0.15, 0.2) is 35.0 Å². The molecule has 3 nitrogen and oxygen atoms in total. The van der Waals surface area contributed by atoms with E-state index in [1.165, 1.54) is 24.0 Å². The molecule has 0 bridgehead atoms. The summed E-state index contributed by atoms with van der Waals surface area (Å²) in [4.78, 5) is 5.24. The van der Waals surface area contributed by atoms with Crippen molar-refractivity contribution in [3.63, 3.8) is 0 Å². The molecule has 0 radical (unpaired) electrons. The summed E-state index contributed by atoms with van der Waals surface area (Å²) >= 11 is 0. The molecule has 0 aliphatic heterocycles. The molecule has 0 unspecified atom stereocenters. The Kier molecular flexibility index (Phi) is 5.81. The van der Waals surface area contributed by atoms with Crippen LogP contribution in [0, 0.1) is 0 Å². The fourth-order valence-electron chi connectivity index (χ4n) is 2.08. The standard InChI is InChI=1S/C17H24N2O/c1-14(17-9-10-17)16-7-5-15(6-8-16)13-19-20-12-4-3-11-18-2/h5-8,13,18H,3-4,9-12H2,1-2H3/b19-13+. The molecule has 1 fully saturated rings. The van der Waals surface area contributed by atoms with E-state index in [9.17, 15) is 0 Å². The van der Waals surface area contributed by atoms with Crippen molar-refractivity contribution in [2.24, 2.45) is 5.16 Å². The first kappa shape index (κ1) is 14.8. The number of nitrogens with one attached hydrogen (secondary N) is 1. The van der Waals surface area contributed by atoms with Gasteiger partial charge in [-0.3, -0.25) is 0 Å². The summed E-state index contributed by atoms with van der Waals surface area (Å²) in [5.74, 6) is 0. The van der Waals surface area contributed by atoms with Crippen LogP contribution in [-0.4, -0.2) is 26.4 Å². The van der Waals surface area contributed by atoms with Gasteiger partial charge in [0.15, 0.2) is 0 Å². The number of oxime groups is 1. The Morgan fingerprint density at radius 1 is 1.25 bits per heavy atom. The first-order valence-electron chi connectivity index (χ1n) is 7.40. The predicted octanol–water partition coefficient (Wildman–Crippen LogP) is 3.60. The van der Waals surface area contributed by atoms with E-state index in [1.807, 2.05) is 7.05 Å². The second kappa shape index (κ2) is 7.85. The molecule has 0 heterocycles. The summed E-state index contributed by atoms with van der Waals surface area (Å²) in [5.41, 5.74) is 5.44. The second-order valence-corrected chi connectivity index (χ2v) is 5.23.